The molecule has 0 aliphatic heterocycles. The lowest BCUT2D eigenvalue weighted by Crippen LogP contribution is -2.20. The smallest absolute Gasteiger partial charge is 0.404 e. The minimum absolute atomic E-state index is 0.0141. The van der Waals surface area contributed by atoms with Crippen molar-refractivity contribution in [3.63, 3.8) is 0 Å². The highest BCUT2D eigenvalue weighted by Crippen LogP contribution is 2.31. The van der Waals surface area contributed by atoms with Gasteiger partial charge in [0.05, 0.1) is 11.9 Å². The van der Waals surface area contributed by atoms with Crippen molar-refractivity contribution in [1.82, 2.24) is 4.98 Å². The number of ether oxygens (including phenoxy) is 1. The van der Waals surface area contributed by atoms with Crippen LogP contribution in [0.25, 0.3) is 0 Å². The fourth-order valence-electron chi connectivity index (χ4n) is 0.986. The van der Waals surface area contributed by atoms with E-state index in [1.807, 2.05) is 0 Å². The van der Waals surface area contributed by atoms with Gasteiger partial charge in [0.1, 0.15) is 5.82 Å². The largest absolute Gasteiger partial charge is 0.573 e. The van der Waals surface area contributed by atoms with Crippen molar-refractivity contribution in [2.45, 2.75) is 12.9 Å². The summed E-state index contributed by atoms with van der Waals surface area (Å²) in [5.74, 6) is -0.610. The van der Waals surface area contributed by atoms with E-state index in [4.69, 9.17) is 17.2 Å². The summed E-state index contributed by atoms with van der Waals surface area (Å²) < 4.78 is 39.5. The Morgan fingerprint density at radius 3 is 2.40 bits per heavy atom. The Morgan fingerprint density at radius 2 is 1.93 bits per heavy atom. The van der Waals surface area contributed by atoms with Crippen LogP contribution in [-0.4, -0.2) is 11.3 Å². The summed E-state index contributed by atoms with van der Waals surface area (Å²) in [5, 5.41) is 0. The van der Waals surface area contributed by atoms with E-state index in [1.54, 1.807) is 0 Å². The highest BCUT2D eigenvalue weighted by Gasteiger charge is 2.32. The van der Waals surface area contributed by atoms with Crippen LogP contribution in [0, 0.1) is 0 Å². The van der Waals surface area contributed by atoms with Gasteiger partial charge in [-0.05, 0) is 0 Å². The number of aromatic nitrogens is 1. The summed E-state index contributed by atoms with van der Waals surface area (Å²) in [7, 11) is 0. The van der Waals surface area contributed by atoms with Gasteiger partial charge in [0.15, 0.2) is 5.75 Å². The predicted octanol–water partition coefficient (Wildman–Crippen LogP) is 0.603. The van der Waals surface area contributed by atoms with Crippen LogP contribution in [0.4, 0.5) is 24.7 Å². The first-order chi connectivity index (χ1) is 6.85. The van der Waals surface area contributed by atoms with Crippen LogP contribution >= 0.6 is 0 Å². The molecule has 0 amide bonds. The lowest BCUT2D eigenvalue weighted by Gasteiger charge is -2.14. The normalized spacial score (nSPS) is 11.5. The van der Waals surface area contributed by atoms with Crippen molar-refractivity contribution < 1.29 is 17.9 Å². The van der Waals surface area contributed by atoms with Gasteiger partial charge >= 0.3 is 6.36 Å². The summed E-state index contributed by atoms with van der Waals surface area (Å²) in [5.41, 5.74) is 15.8. The molecule has 0 saturated heterocycles. The molecule has 0 spiro atoms. The first-order valence-corrected chi connectivity index (χ1v) is 3.83. The number of hydrogen-bond acceptors (Lipinski definition) is 5. The number of nitrogens with zero attached hydrogens (tertiary/aromatic N) is 1. The maximum Gasteiger partial charge on any atom is 0.573 e. The molecule has 0 aliphatic rings. The summed E-state index contributed by atoms with van der Waals surface area (Å²) in [6.07, 6.45) is -3.98. The van der Waals surface area contributed by atoms with E-state index < -0.39 is 12.1 Å². The SMILES string of the molecule is NCc1c(OC(F)(F)F)cnc(N)c1N. The summed E-state index contributed by atoms with van der Waals surface area (Å²) in [6, 6.07) is 0. The zero-order chi connectivity index (χ0) is 11.6. The Kier molecular flexibility index (Phi) is 2.89. The minimum Gasteiger partial charge on any atom is -0.404 e. The van der Waals surface area contributed by atoms with E-state index >= 15 is 0 Å². The van der Waals surface area contributed by atoms with Crippen molar-refractivity contribution in [1.29, 1.82) is 0 Å². The molecule has 15 heavy (non-hydrogen) atoms. The van der Waals surface area contributed by atoms with E-state index in [0.717, 1.165) is 6.20 Å². The number of rotatable bonds is 2. The van der Waals surface area contributed by atoms with Crippen LogP contribution in [0.15, 0.2) is 6.20 Å². The number of alkyl halides is 3. The molecule has 84 valence electrons. The molecular formula is C7H9F3N4O. The second-order valence-corrected chi connectivity index (χ2v) is 2.65. The Morgan fingerprint density at radius 1 is 1.33 bits per heavy atom. The van der Waals surface area contributed by atoms with E-state index in [-0.39, 0.29) is 23.6 Å². The van der Waals surface area contributed by atoms with Crippen LogP contribution in [0.3, 0.4) is 0 Å². The number of halogens is 3. The quantitative estimate of drug-likeness (QED) is 0.680. The molecular weight excluding hydrogens is 213 g/mol. The minimum atomic E-state index is -4.81. The van der Waals surface area contributed by atoms with E-state index in [9.17, 15) is 13.2 Å². The van der Waals surface area contributed by atoms with Crippen molar-refractivity contribution in [2.75, 3.05) is 11.5 Å². The first kappa shape index (κ1) is 11.4. The molecule has 1 aromatic rings. The highest BCUT2D eigenvalue weighted by molar-refractivity contribution is 5.66. The number of nitrogens with two attached hydrogens (primary N) is 3. The predicted molar refractivity (Wildman–Crippen MR) is 47.6 cm³/mol. The monoisotopic (exact) mass is 222 g/mol. The van der Waals surface area contributed by atoms with Crippen LogP contribution in [0.1, 0.15) is 5.56 Å². The number of hydrogen-bond donors (Lipinski definition) is 3. The molecule has 1 heterocycles. The third-order valence-electron chi connectivity index (χ3n) is 1.65. The molecule has 1 rings (SSSR count). The van der Waals surface area contributed by atoms with Crippen molar-refractivity contribution in [3.8, 4) is 5.75 Å². The lowest BCUT2D eigenvalue weighted by molar-refractivity contribution is -0.275. The molecule has 8 heteroatoms. The second-order valence-electron chi connectivity index (χ2n) is 2.65. The topological polar surface area (TPSA) is 100 Å². The Hall–Kier alpha value is -1.70. The first-order valence-electron chi connectivity index (χ1n) is 3.83. The highest BCUT2D eigenvalue weighted by atomic mass is 19.4. The molecule has 5 nitrogen and oxygen atoms in total. The zero-order valence-corrected chi connectivity index (χ0v) is 7.51. The molecule has 0 fully saturated rings. The van der Waals surface area contributed by atoms with E-state index in [0.29, 0.717) is 0 Å². The van der Waals surface area contributed by atoms with Crippen molar-refractivity contribution >= 4 is 11.5 Å². The number of nitrogen functional groups attached to an aromatic ring is 2. The van der Waals surface area contributed by atoms with Gasteiger partial charge < -0.3 is 21.9 Å². The molecule has 0 aromatic carbocycles. The fraction of sp³-hybridized carbons (Fsp3) is 0.286. The van der Waals surface area contributed by atoms with Crippen molar-refractivity contribution in [3.05, 3.63) is 11.8 Å². The Labute approximate surface area is 83.0 Å². The molecule has 6 N–H and O–H groups in total. The molecule has 0 atom stereocenters. The lowest BCUT2D eigenvalue weighted by atomic mass is 10.2. The zero-order valence-electron chi connectivity index (χ0n) is 7.51. The van der Waals surface area contributed by atoms with Gasteiger partial charge in [-0.1, -0.05) is 0 Å². The fourth-order valence-corrected chi connectivity index (χ4v) is 0.986. The van der Waals surface area contributed by atoms with Gasteiger partial charge in [-0.15, -0.1) is 13.2 Å². The van der Waals surface area contributed by atoms with E-state index in [2.05, 4.69) is 9.72 Å². The summed E-state index contributed by atoms with van der Waals surface area (Å²) >= 11 is 0. The molecule has 1 aromatic heterocycles. The maximum absolute atomic E-state index is 11.9. The molecule has 0 aliphatic carbocycles. The number of pyridine rings is 1. The van der Waals surface area contributed by atoms with Gasteiger partial charge in [-0.3, -0.25) is 0 Å². The third kappa shape index (κ3) is 2.62. The third-order valence-corrected chi connectivity index (χ3v) is 1.65. The molecule has 0 radical (unpaired) electrons. The Bertz CT molecular complexity index is 366. The second kappa shape index (κ2) is 3.81. The average molecular weight is 222 g/mol. The molecule has 0 saturated carbocycles. The molecule has 0 bridgehead atoms. The van der Waals surface area contributed by atoms with Crippen LogP contribution in [0.5, 0.6) is 5.75 Å². The van der Waals surface area contributed by atoms with Gasteiger partial charge in [0.25, 0.3) is 0 Å². The summed E-state index contributed by atoms with van der Waals surface area (Å²) in [4.78, 5) is 3.44. The van der Waals surface area contributed by atoms with Crippen LogP contribution in [-0.2, 0) is 6.54 Å². The van der Waals surface area contributed by atoms with Gasteiger partial charge in [-0.25, -0.2) is 4.98 Å². The average Bonchev–Trinajstić information content (AvgIpc) is 2.10. The van der Waals surface area contributed by atoms with Gasteiger partial charge in [-0.2, -0.15) is 0 Å². The van der Waals surface area contributed by atoms with Crippen molar-refractivity contribution in [2.24, 2.45) is 5.73 Å². The van der Waals surface area contributed by atoms with Gasteiger partial charge in [0, 0.05) is 12.1 Å². The maximum atomic E-state index is 11.9. The standard InChI is InChI=1S/C7H9F3N4O/c8-7(9,10)15-4-2-14-6(13)5(12)3(4)1-11/h2H,1,11-12H2,(H2,13,14). The van der Waals surface area contributed by atoms with E-state index in [1.165, 1.54) is 0 Å². The molecule has 0 unspecified atom stereocenters. The summed E-state index contributed by atoms with van der Waals surface area (Å²) in [6.45, 7) is -0.218. The van der Waals surface area contributed by atoms with Crippen LogP contribution < -0.4 is 21.9 Å². The van der Waals surface area contributed by atoms with Gasteiger partial charge in [0.2, 0.25) is 0 Å². The number of anilines is 2. The van der Waals surface area contributed by atoms with Crippen LogP contribution in [0.2, 0.25) is 0 Å². The Balaban J connectivity index is 3.14.